The van der Waals surface area contributed by atoms with Gasteiger partial charge in [-0.1, -0.05) is 17.7 Å². The van der Waals surface area contributed by atoms with Gasteiger partial charge in [-0.15, -0.1) is 11.3 Å². The van der Waals surface area contributed by atoms with E-state index >= 15 is 0 Å². The summed E-state index contributed by atoms with van der Waals surface area (Å²) in [4.78, 5) is 4.42. The third-order valence-corrected chi connectivity index (χ3v) is 3.68. The smallest absolute Gasteiger partial charge is 0.124 e. The summed E-state index contributed by atoms with van der Waals surface area (Å²) in [5, 5.41) is 3.09. The summed E-state index contributed by atoms with van der Waals surface area (Å²) >= 11 is 5.04. The topological polar surface area (TPSA) is 12.9 Å². The maximum atomic E-state index is 4.42. The fourth-order valence-corrected chi connectivity index (χ4v) is 2.68. The largest absolute Gasteiger partial charge is 0.229 e. The number of aryl methyl sites for hydroxylation is 2. The Morgan fingerprint density at radius 3 is 2.71 bits per heavy atom. The molecule has 0 aliphatic heterocycles. The highest BCUT2D eigenvalue weighted by molar-refractivity contribution is 9.10. The molecule has 0 atom stereocenters. The molecule has 1 nitrogen and oxygen atoms in total. The van der Waals surface area contributed by atoms with Crippen LogP contribution in [0.25, 0.3) is 10.6 Å². The summed E-state index contributed by atoms with van der Waals surface area (Å²) in [5.41, 5.74) is 3.79. The van der Waals surface area contributed by atoms with Crippen LogP contribution in [0.2, 0.25) is 0 Å². The zero-order chi connectivity index (χ0) is 10.1. The number of hydrogen-bond donors (Lipinski definition) is 0. The molecule has 72 valence electrons. The molecule has 1 aromatic heterocycles. The lowest BCUT2D eigenvalue weighted by atomic mass is 10.1. The Balaban J connectivity index is 2.55. The van der Waals surface area contributed by atoms with Crippen molar-refractivity contribution in [2.45, 2.75) is 13.8 Å². The van der Waals surface area contributed by atoms with E-state index in [9.17, 15) is 0 Å². The van der Waals surface area contributed by atoms with Crippen LogP contribution in [0.5, 0.6) is 0 Å². The third-order valence-electron chi connectivity index (χ3n) is 2.10. The lowest BCUT2D eigenvalue weighted by Gasteiger charge is -2.02. The first-order valence-corrected chi connectivity index (χ1v) is 6.03. The van der Waals surface area contributed by atoms with Gasteiger partial charge in [-0.3, -0.25) is 0 Å². The van der Waals surface area contributed by atoms with E-state index in [0.29, 0.717) is 0 Å². The van der Waals surface area contributed by atoms with E-state index in [1.54, 1.807) is 11.3 Å². The predicted molar refractivity (Wildman–Crippen MR) is 64.7 cm³/mol. The molecule has 0 saturated carbocycles. The second-order valence-electron chi connectivity index (χ2n) is 3.29. The van der Waals surface area contributed by atoms with Crippen molar-refractivity contribution in [3.8, 4) is 10.6 Å². The molecular weight excluding hydrogens is 258 g/mol. The minimum atomic E-state index is 0.915. The standard InChI is InChI=1S/C11H10BrNS/c1-7-3-4-8(2)9(5-7)11-13-10(12)6-14-11/h3-6H,1-2H3. The maximum absolute atomic E-state index is 4.42. The van der Waals surface area contributed by atoms with Crippen molar-refractivity contribution in [2.75, 3.05) is 0 Å². The SMILES string of the molecule is Cc1ccc(C)c(-c2nc(Br)cs2)c1. The molecular formula is C11H10BrNS. The minimum Gasteiger partial charge on any atom is -0.229 e. The van der Waals surface area contributed by atoms with Crippen LogP contribution in [-0.2, 0) is 0 Å². The molecule has 0 saturated heterocycles. The molecule has 0 radical (unpaired) electrons. The number of aromatic nitrogens is 1. The van der Waals surface area contributed by atoms with Crippen LogP contribution >= 0.6 is 27.3 Å². The normalized spacial score (nSPS) is 10.5. The van der Waals surface area contributed by atoms with Gasteiger partial charge < -0.3 is 0 Å². The van der Waals surface area contributed by atoms with Crippen molar-refractivity contribution in [1.82, 2.24) is 4.98 Å². The molecule has 0 spiro atoms. The first-order valence-electron chi connectivity index (χ1n) is 4.35. The van der Waals surface area contributed by atoms with E-state index in [2.05, 4.69) is 53.0 Å². The summed E-state index contributed by atoms with van der Waals surface area (Å²) in [6, 6.07) is 6.45. The van der Waals surface area contributed by atoms with Crippen LogP contribution < -0.4 is 0 Å². The van der Waals surface area contributed by atoms with Crippen molar-refractivity contribution >= 4 is 27.3 Å². The molecule has 0 fully saturated rings. The minimum absolute atomic E-state index is 0.915. The zero-order valence-corrected chi connectivity index (χ0v) is 10.4. The molecule has 0 aliphatic rings. The lowest BCUT2D eigenvalue weighted by Crippen LogP contribution is -1.83. The molecule has 0 unspecified atom stereocenters. The molecule has 0 N–H and O–H groups in total. The second-order valence-corrected chi connectivity index (χ2v) is 4.96. The van der Waals surface area contributed by atoms with Crippen molar-refractivity contribution in [2.24, 2.45) is 0 Å². The molecule has 3 heteroatoms. The Morgan fingerprint density at radius 1 is 1.29 bits per heavy atom. The summed E-state index contributed by atoms with van der Waals surface area (Å²) in [5.74, 6) is 0. The average molecular weight is 268 g/mol. The second kappa shape index (κ2) is 3.83. The molecule has 0 amide bonds. The molecule has 0 aliphatic carbocycles. The van der Waals surface area contributed by atoms with Gasteiger partial charge in [0.1, 0.15) is 9.61 Å². The maximum Gasteiger partial charge on any atom is 0.124 e. The summed E-state index contributed by atoms with van der Waals surface area (Å²) in [7, 11) is 0. The fourth-order valence-electron chi connectivity index (χ4n) is 1.34. The van der Waals surface area contributed by atoms with Gasteiger partial charge >= 0.3 is 0 Å². The molecule has 0 bridgehead atoms. The van der Waals surface area contributed by atoms with E-state index in [1.807, 2.05) is 5.38 Å². The van der Waals surface area contributed by atoms with Crippen LogP contribution in [0.4, 0.5) is 0 Å². The van der Waals surface area contributed by atoms with Crippen LogP contribution in [0.3, 0.4) is 0 Å². The van der Waals surface area contributed by atoms with Crippen molar-refractivity contribution in [3.63, 3.8) is 0 Å². The Hall–Kier alpha value is -0.670. The van der Waals surface area contributed by atoms with Crippen molar-refractivity contribution in [1.29, 1.82) is 0 Å². The first-order chi connectivity index (χ1) is 6.66. The lowest BCUT2D eigenvalue weighted by molar-refractivity contribution is 1.32. The summed E-state index contributed by atoms with van der Waals surface area (Å²) in [6.07, 6.45) is 0. The third kappa shape index (κ3) is 1.88. The van der Waals surface area contributed by atoms with E-state index < -0.39 is 0 Å². The molecule has 1 aromatic carbocycles. The quantitative estimate of drug-likeness (QED) is 0.755. The van der Waals surface area contributed by atoms with Crippen LogP contribution in [0.15, 0.2) is 28.2 Å². The Kier molecular flexibility index (Phi) is 2.70. The fraction of sp³-hybridized carbons (Fsp3) is 0.182. The monoisotopic (exact) mass is 267 g/mol. The highest BCUT2D eigenvalue weighted by Gasteiger charge is 2.05. The Labute approximate surface area is 95.9 Å². The van der Waals surface area contributed by atoms with E-state index in [0.717, 1.165) is 9.61 Å². The van der Waals surface area contributed by atoms with Crippen LogP contribution in [0, 0.1) is 13.8 Å². The summed E-state index contributed by atoms with van der Waals surface area (Å²) < 4.78 is 0.915. The highest BCUT2D eigenvalue weighted by Crippen LogP contribution is 2.29. The van der Waals surface area contributed by atoms with Crippen LogP contribution in [0.1, 0.15) is 11.1 Å². The molecule has 2 aromatic rings. The van der Waals surface area contributed by atoms with Crippen molar-refractivity contribution < 1.29 is 0 Å². The number of hydrogen-bond acceptors (Lipinski definition) is 2. The summed E-state index contributed by atoms with van der Waals surface area (Å²) in [6.45, 7) is 4.22. The number of nitrogens with zero attached hydrogens (tertiary/aromatic N) is 1. The molecule has 2 rings (SSSR count). The van der Waals surface area contributed by atoms with Gasteiger partial charge in [0, 0.05) is 10.9 Å². The number of halogens is 1. The Morgan fingerprint density at radius 2 is 2.07 bits per heavy atom. The van der Waals surface area contributed by atoms with Gasteiger partial charge in [0.15, 0.2) is 0 Å². The molecule has 1 heterocycles. The van der Waals surface area contributed by atoms with Gasteiger partial charge in [0.25, 0.3) is 0 Å². The van der Waals surface area contributed by atoms with Crippen molar-refractivity contribution in [3.05, 3.63) is 39.3 Å². The van der Waals surface area contributed by atoms with E-state index in [4.69, 9.17) is 0 Å². The Bertz CT molecular complexity index is 462. The predicted octanol–water partition coefficient (Wildman–Crippen LogP) is 4.19. The van der Waals surface area contributed by atoms with Gasteiger partial charge in [-0.2, -0.15) is 0 Å². The van der Waals surface area contributed by atoms with Gasteiger partial charge in [0.05, 0.1) is 0 Å². The first kappa shape index (κ1) is 9.87. The highest BCUT2D eigenvalue weighted by atomic mass is 79.9. The van der Waals surface area contributed by atoms with Crippen LogP contribution in [-0.4, -0.2) is 4.98 Å². The molecule has 14 heavy (non-hydrogen) atoms. The zero-order valence-electron chi connectivity index (χ0n) is 8.04. The van der Waals surface area contributed by atoms with Gasteiger partial charge in [0.2, 0.25) is 0 Å². The number of benzene rings is 1. The number of thiazole rings is 1. The number of rotatable bonds is 1. The van der Waals surface area contributed by atoms with Gasteiger partial charge in [-0.25, -0.2) is 4.98 Å². The van der Waals surface area contributed by atoms with E-state index in [1.165, 1.54) is 16.7 Å². The average Bonchev–Trinajstić information content (AvgIpc) is 2.56. The van der Waals surface area contributed by atoms with E-state index in [-0.39, 0.29) is 0 Å². The van der Waals surface area contributed by atoms with Gasteiger partial charge in [-0.05, 0) is 41.4 Å².